The third-order valence-corrected chi connectivity index (χ3v) is 5.96. The van der Waals surface area contributed by atoms with Gasteiger partial charge in [0.2, 0.25) is 5.82 Å². The van der Waals surface area contributed by atoms with Gasteiger partial charge in [-0.25, -0.2) is 9.07 Å². The molecule has 1 aliphatic rings. The quantitative estimate of drug-likeness (QED) is 0.525. The van der Waals surface area contributed by atoms with Crippen molar-refractivity contribution < 1.29 is 23.7 Å². The lowest BCUT2D eigenvalue weighted by Crippen LogP contribution is -3.27. The highest BCUT2D eigenvalue weighted by molar-refractivity contribution is 5.48. The van der Waals surface area contributed by atoms with Crippen molar-refractivity contribution in [3.63, 3.8) is 0 Å². The second-order valence-corrected chi connectivity index (χ2v) is 7.95. The summed E-state index contributed by atoms with van der Waals surface area (Å²) in [5.74, 6) is 1.88. The number of hydrogen-bond donors (Lipinski definition) is 2. The highest BCUT2D eigenvalue weighted by atomic mass is 19.1. The molecular formula is C22H29FN6O2+2. The summed E-state index contributed by atoms with van der Waals surface area (Å²) in [6, 6.07) is 12.2. The maximum atomic E-state index is 13.3. The summed E-state index contributed by atoms with van der Waals surface area (Å²) in [4.78, 5) is 2.90. The second kappa shape index (κ2) is 9.40. The number of methoxy groups -OCH3 is 2. The van der Waals surface area contributed by atoms with E-state index in [0.717, 1.165) is 43.1 Å². The Morgan fingerprint density at radius 3 is 2.45 bits per heavy atom. The van der Waals surface area contributed by atoms with Gasteiger partial charge in [0.05, 0.1) is 33.4 Å². The molecule has 4 rings (SSSR count). The lowest BCUT2D eigenvalue weighted by Gasteiger charge is -2.33. The summed E-state index contributed by atoms with van der Waals surface area (Å²) >= 11 is 0. The number of benzene rings is 2. The molecular weight excluding hydrogens is 399 g/mol. The van der Waals surface area contributed by atoms with Crippen LogP contribution < -0.4 is 19.3 Å². The van der Waals surface area contributed by atoms with E-state index in [1.807, 2.05) is 12.1 Å². The van der Waals surface area contributed by atoms with E-state index in [9.17, 15) is 4.39 Å². The molecule has 2 N–H and O–H groups in total. The maximum Gasteiger partial charge on any atom is 0.214 e. The second-order valence-electron chi connectivity index (χ2n) is 7.95. The van der Waals surface area contributed by atoms with Crippen molar-refractivity contribution in [2.45, 2.75) is 12.6 Å². The van der Waals surface area contributed by atoms with Gasteiger partial charge >= 0.3 is 0 Å². The van der Waals surface area contributed by atoms with Gasteiger partial charge in [0.1, 0.15) is 32.0 Å². The third-order valence-electron chi connectivity index (χ3n) is 5.96. The molecule has 1 aromatic heterocycles. The van der Waals surface area contributed by atoms with Crippen LogP contribution in [0.2, 0.25) is 0 Å². The molecule has 0 unspecified atom stereocenters. The standard InChI is InChI=1S/C22H27FN6O2/c1-27-11-13-28(14-12-27)20(18-5-4-6-19(30-2)21(18)31-3)22-24-25-26-29(22)15-16-7-9-17(23)10-8-16/h4-10,20H,11-15H2,1-3H3/p+2/t20-/m1/s1. The third kappa shape index (κ3) is 4.52. The van der Waals surface area contributed by atoms with E-state index >= 15 is 0 Å². The van der Waals surface area contributed by atoms with Crippen molar-refractivity contribution in [3.8, 4) is 11.5 Å². The normalized spacial score (nSPS) is 19.7. The predicted octanol–water partition coefficient (Wildman–Crippen LogP) is -0.620. The first-order valence-corrected chi connectivity index (χ1v) is 10.5. The fourth-order valence-corrected chi connectivity index (χ4v) is 4.26. The van der Waals surface area contributed by atoms with Crippen LogP contribution in [0.1, 0.15) is 23.0 Å². The zero-order valence-corrected chi connectivity index (χ0v) is 18.1. The van der Waals surface area contributed by atoms with Crippen LogP contribution in [0.4, 0.5) is 4.39 Å². The number of nitrogens with one attached hydrogen (secondary N) is 2. The van der Waals surface area contributed by atoms with Gasteiger partial charge in [0.25, 0.3) is 0 Å². The molecule has 0 radical (unpaired) electrons. The fourth-order valence-electron chi connectivity index (χ4n) is 4.26. The Morgan fingerprint density at radius 2 is 1.77 bits per heavy atom. The van der Waals surface area contributed by atoms with Gasteiger partial charge in [0.15, 0.2) is 17.5 Å². The van der Waals surface area contributed by atoms with Crippen LogP contribution >= 0.6 is 0 Å². The van der Waals surface area contributed by atoms with E-state index in [-0.39, 0.29) is 11.9 Å². The summed E-state index contributed by atoms with van der Waals surface area (Å²) in [5.41, 5.74) is 1.93. The van der Waals surface area contributed by atoms with Gasteiger partial charge in [-0.2, -0.15) is 0 Å². The molecule has 2 heterocycles. The highest BCUT2D eigenvalue weighted by Crippen LogP contribution is 2.35. The first-order valence-electron chi connectivity index (χ1n) is 10.5. The zero-order chi connectivity index (χ0) is 21.8. The molecule has 31 heavy (non-hydrogen) atoms. The van der Waals surface area contributed by atoms with Crippen molar-refractivity contribution in [2.24, 2.45) is 0 Å². The van der Waals surface area contributed by atoms with E-state index in [0.29, 0.717) is 18.0 Å². The molecule has 164 valence electrons. The molecule has 1 aliphatic heterocycles. The molecule has 1 saturated heterocycles. The van der Waals surface area contributed by atoms with Crippen LogP contribution in [-0.2, 0) is 6.54 Å². The topological polar surface area (TPSA) is 70.9 Å². The van der Waals surface area contributed by atoms with E-state index in [2.05, 4.69) is 28.6 Å². The van der Waals surface area contributed by atoms with Crippen LogP contribution in [0.5, 0.6) is 11.5 Å². The Bertz CT molecular complexity index is 1000. The van der Waals surface area contributed by atoms with E-state index in [4.69, 9.17) is 9.47 Å². The average Bonchev–Trinajstić information content (AvgIpc) is 3.24. The van der Waals surface area contributed by atoms with Crippen LogP contribution in [0.25, 0.3) is 0 Å². The number of rotatable bonds is 7. The molecule has 0 bridgehead atoms. The lowest BCUT2D eigenvalue weighted by atomic mass is 10.0. The van der Waals surface area contributed by atoms with Gasteiger partial charge in [-0.15, -0.1) is 5.10 Å². The smallest absolute Gasteiger partial charge is 0.214 e. The van der Waals surface area contributed by atoms with Gasteiger partial charge in [-0.05, 0) is 40.3 Å². The first kappa shape index (κ1) is 21.2. The van der Waals surface area contributed by atoms with Gasteiger partial charge in [-0.3, -0.25) is 0 Å². The number of likely N-dealkylation sites (N-methyl/N-ethyl adjacent to an activating group) is 1. The minimum absolute atomic E-state index is 0.117. The zero-order valence-electron chi connectivity index (χ0n) is 18.1. The SMILES string of the molecule is COc1cccc([C@H](c2nnnn2Cc2ccc(F)cc2)[NH+]2CC[NH+](C)CC2)c1OC. The lowest BCUT2D eigenvalue weighted by molar-refractivity contribution is -1.02. The highest BCUT2D eigenvalue weighted by Gasteiger charge is 2.37. The van der Waals surface area contributed by atoms with E-state index < -0.39 is 0 Å². The Kier molecular flexibility index (Phi) is 6.43. The molecule has 0 spiro atoms. The molecule has 0 amide bonds. The molecule has 2 aromatic carbocycles. The van der Waals surface area contributed by atoms with Gasteiger partial charge in [0, 0.05) is 0 Å². The molecule has 8 nitrogen and oxygen atoms in total. The monoisotopic (exact) mass is 428 g/mol. The Labute approximate surface area is 181 Å². The maximum absolute atomic E-state index is 13.3. The first-order chi connectivity index (χ1) is 15.1. The number of halogens is 1. The largest absolute Gasteiger partial charge is 0.493 e. The number of hydrogen-bond acceptors (Lipinski definition) is 5. The minimum Gasteiger partial charge on any atom is -0.493 e. The van der Waals surface area contributed by atoms with Gasteiger partial charge < -0.3 is 19.3 Å². The molecule has 3 aromatic rings. The van der Waals surface area contributed by atoms with Crippen LogP contribution in [0, 0.1) is 5.82 Å². The Morgan fingerprint density at radius 1 is 1.03 bits per heavy atom. The van der Waals surface area contributed by atoms with Crippen molar-refractivity contribution in [3.05, 3.63) is 65.2 Å². The number of nitrogens with zero attached hydrogens (tertiary/aromatic N) is 4. The minimum atomic E-state index is -0.260. The molecule has 0 saturated carbocycles. The van der Waals surface area contributed by atoms with E-state index in [1.54, 1.807) is 31.0 Å². The van der Waals surface area contributed by atoms with Crippen LogP contribution in [0.15, 0.2) is 42.5 Å². The van der Waals surface area contributed by atoms with Crippen LogP contribution in [-0.4, -0.2) is 67.7 Å². The number of piperazine rings is 1. The van der Waals surface area contributed by atoms with Crippen LogP contribution in [0.3, 0.4) is 0 Å². The number of tetrazole rings is 1. The van der Waals surface area contributed by atoms with Crippen molar-refractivity contribution in [1.29, 1.82) is 0 Å². The summed E-state index contributed by atoms with van der Waals surface area (Å²) in [6.45, 7) is 4.57. The Balaban J connectivity index is 1.76. The van der Waals surface area contributed by atoms with Crippen molar-refractivity contribution in [2.75, 3.05) is 47.4 Å². The number of quaternary nitrogens is 2. The number of aromatic nitrogens is 4. The predicted molar refractivity (Wildman–Crippen MR) is 112 cm³/mol. The van der Waals surface area contributed by atoms with Crippen molar-refractivity contribution >= 4 is 0 Å². The Hall–Kier alpha value is -3.04. The number of para-hydroxylation sites is 1. The summed E-state index contributed by atoms with van der Waals surface area (Å²) in [7, 11) is 5.52. The summed E-state index contributed by atoms with van der Waals surface area (Å²) < 4.78 is 26.5. The van der Waals surface area contributed by atoms with Gasteiger partial charge in [-0.1, -0.05) is 18.2 Å². The molecule has 9 heteroatoms. The molecule has 0 aliphatic carbocycles. The molecule has 1 atom stereocenters. The summed E-state index contributed by atoms with van der Waals surface area (Å²) in [6.07, 6.45) is 0. The number of ether oxygens (including phenoxy) is 2. The van der Waals surface area contributed by atoms with Crippen molar-refractivity contribution in [1.82, 2.24) is 20.2 Å². The fraction of sp³-hybridized carbons (Fsp3) is 0.409. The van der Waals surface area contributed by atoms with E-state index in [1.165, 1.54) is 21.9 Å². The summed E-state index contributed by atoms with van der Waals surface area (Å²) in [5, 5.41) is 12.7. The average molecular weight is 429 g/mol. The molecule has 1 fully saturated rings.